The van der Waals surface area contributed by atoms with E-state index in [1.54, 1.807) is 12.3 Å². The molecular formula is C33H19N5O. The number of nitrogens with zero attached hydrogens (tertiary/aromatic N) is 5. The minimum Gasteiger partial charge on any atom is -0.456 e. The van der Waals surface area contributed by atoms with Gasteiger partial charge in [-0.15, -0.1) is 0 Å². The lowest BCUT2D eigenvalue weighted by atomic mass is 10.0. The Balaban J connectivity index is 1.30. The van der Waals surface area contributed by atoms with E-state index in [-0.39, 0.29) is 0 Å². The van der Waals surface area contributed by atoms with E-state index in [0.717, 1.165) is 49.9 Å². The predicted molar refractivity (Wildman–Crippen MR) is 151 cm³/mol. The highest BCUT2D eigenvalue weighted by molar-refractivity contribution is 6.06. The zero-order chi connectivity index (χ0) is 26.2. The van der Waals surface area contributed by atoms with Crippen LogP contribution in [0.1, 0.15) is 5.56 Å². The summed E-state index contributed by atoms with van der Waals surface area (Å²) in [6.07, 6.45) is 1.79. The molecule has 0 saturated carbocycles. The number of benzene rings is 4. The molecule has 7 rings (SSSR count). The van der Waals surface area contributed by atoms with Crippen molar-refractivity contribution in [2.45, 2.75) is 0 Å². The minimum atomic E-state index is 0.557. The van der Waals surface area contributed by atoms with E-state index in [1.165, 1.54) is 0 Å². The van der Waals surface area contributed by atoms with Crippen LogP contribution in [-0.4, -0.2) is 19.9 Å². The summed E-state index contributed by atoms with van der Waals surface area (Å²) in [7, 11) is 0. The molecule has 0 aliphatic rings. The second-order valence-corrected chi connectivity index (χ2v) is 9.11. The number of hydrogen-bond donors (Lipinski definition) is 0. The van der Waals surface area contributed by atoms with Crippen molar-refractivity contribution >= 4 is 21.9 Å². The van der Waals surface area contributed by atoms with E-state index in [9.17, 15) is 5.26 Å². The summed E-state index contributed by atoms with van der Waals surface area (Å²) in [6, 6.07) is 37.4. The predicted octanol–water partition coefficient (Wildman–Crippen LogP) is 7.71. The molecule has 39 heavy (non-hydrogen) atoms. The zero-order valence-electron chi connectivity index (χ0n) is 20.6. The summed E-state index contributed by atoms with van der Waals surface area (Å²) < 4.78 is 5.96. The number of furan rings is 1. The fourth-order valence-corrected chi connectivity index (χ4v) is 4.64. The molecule has 0 aliphatic heterocycles. The first-order valence-electron chi connectivity index (χ1n) is 12.5. The third-order valence-corrected chi connectivity index (χ3v) is 6.62. The summed E-state index contributed by atoms with van der Waals surface area (Å²) in [4.78, 5) is 19.1. The largest absolute Gasteiger partial charge is 0.456 e. The lowest BCUT2D eigenvalue weighted by molar-refractivity contribution is 0.669. The molecule has 3 heterocycles. The summed E-state index contributed by atoms with van der Waals surface area (Å²) in [5.74, 6) is 1.78. The molecule has 6 nitrogen and oxygen atoms in total. The molecule has 6 heteroatoms. The second kappa shape index (κ2) is 9.33. The Bertz CT molecular complexity index is 1950. The molecule has 0 radical (unpaired) electrons. The van der Waals surface area contributed by atoms with Crippen molar-refractivity contribution in [3.63, 3.8) is 0 Å². The fraction of sp³-hybridized carbons (Fsp3) is 0. The Kier molecular flexibility index (Phi) is 5.39. The first kappa shape index (κ1) is 22.5. The van der Waals surface area contributed by atoms with E-state index >= 15 is 0 Å². The SMILES string of the molecule is N#Cc1ccc2oc3ccc(-c4ccc(-c5nc(-c6ccccc6)nc(-c6ccccc6)n5)cn4)cc3c2c1. The standard InChI is InChI=1S/C33H19N5O/c34-19-21-11-15-29-26(17-21)27-18-24(13-16-30(27)39-29)28-14-12-25(20-35-28)33-37-31(22-7-3-1-4-8-22)36-32(38-33)23-9-5-2-6-10-23/h1-18,20H. The van der Waals surface area contributed by atoms with Gasteiger partial charge in [-0.05, 0) is 48.5 Å². The minimum absolute atomic E-state index is 0.557. The van der Waals surface area contributed by atoms with Crippen molar-refractivity contribution in [2.24, 2.45) is 0 Å². The number of hydrogen-bond acceptors (Lipinski definition) is 6. The van der Waals surface area contributed by atoms with Gasteiger partial charge < -0.3 is 4.42 Å². The van der Waals surface area contributed by atoms with Crippen LogP contribution in [0.25, 0.3) is 67.4 Å². The monoisotopic (exact) mass is 501 g/mol. The van der Waals surface area contributed by atoms with Gasteiger partial charge in [-0.25, -0.2) is 15.0 Å². The lowest BCUT2D eigenvalue weighted by Gasteiger charge is -2.08. The highest BCUT2D eigenvalue weighted by Crippen LogP contribution is 2.33. The number of nitriles is 1. The number of aromatic nitrogens is 4. The first-order valence-corrected chi connectivity index (χ1v) is 12.5. The number of fused-ring (bicyclic) bond motifs is 3. The van der Waals surface area contributed by atoms with Crippen LogP contribution in [0, 0.1) is 11.3 Å². The van der Waals surface area contributed by atoms with E-state index < -0.39 is 0 Å². The molecule has 0 fully saturated rings. The van der Waals surface area contributed by atoms with E-state index in [0.29, 0.717) is 23.0 Å². The molecule has 7 aromatic rings. The third kappa shape index (κ3) is 4.18. The summed E-state index contributed by atoms with van der Waals surface area (Å²) in [6.45, 7) is 0. The summed E-state index contributed by atoms with van der Waals surface area (Å²) in [5.41, 5.74) is 6.52. The second-order valence-electron chi connectivity index (χ2n) is 9.11. The van der Waals surface area contributed by atoms with Crippen LogP contribution >= 0.6 is 0 Å². The fourth-order valence-electron chi connectivity index (χ4n) is 4.64. The molecule has 4 aromatic carbocycles. The van der Waals surface area contributed by atoms with Crippen molar-refractivity contribution in [3.8, 4) is 51.5 Å². The molecule has 0 atom stereocenters. The molecule has 0 N–H and O–H groups in total. The van der Waals surface area contributed by atoms with Gasteiger partial charge in [-0.1, -0.05) is 60.7 Å². The van der Waals surface area contributed by atoms with Crippen LogP contribution in [0.2, 0.25) is 0 Å². The summed E-state index contributed by atoms with van der Waals surface area (Å²) >= 11 is 0. The van der Waals surface area contributed by atoms with Crippen LogP contribution in [0.15, 0.2) is 120 Å². The van der Waals surface area contributed by atoms with Crippen molar-refractivity contribution in [3.05, 3.63) is 121 Å². The van der Waals surface area contributed by atoms with Gasteiger partial charge in [-0.2, -0.15) is 5.26 Å². The molecule has 0 bridgehead atoms. The van der Waals surface area contributed by atoms with E-state index in [1.807, 2.05) is 103 Å². The lowest BCUT2D eigenvalue weighted by Crippen LogP contribution is -2.00. The molecule has 0 spiro atoms. The van der Waals surface area contributed by atoms with Crippen molar-refractivity contribution in [1.82, 2.24) is 19.9 Å². The Morgan fingerprint density at radius 3 is 1.69 bits per heavy atom. The van der Waals surface area contributed by atoms with Crippen molar-refractivity contribution < 1.29 is 4.42 Å². The Morgan fingerprint density at radius 1 is 0.538 bits per heavy atom. The highest BCUT2D eigenvalue weighted by Gasteiger charge is 2.14. The Labute approximate surface area is 223 Å². The van der Waals surface area contributed by atoms with Gasteiger partial charge in [0.05, 0.1) is 17.3 Å². The molecule has 0 aliphatic carbocycles. The molecular weight excluding hydrogens is 482 g/mol. The molecule has 0 unspecified atom stereocenters. The van der Waals surface area contributed by atoms with Crippen LogP contribution < -0.4 is 0 Å². The van der Waals surface area contributed by atoms with E-state index in [4.69, 9.17) is 24.4 Å². The molecule has 0 amide bonds. The van der Waals surface area contributed by atoms with Gasteiger partial charge in [-0.3, -0.25) is 4.98 Å². The maximum atomic E-state index is 9.32. The molecule has 182 valence electrons. The topological polar surface area (TPSA) is 88.5 Å². The van der Waals surface area contributed by atoms with Crippen molar-refractivity contribution in [1.29, 1.82) is 5.26 Å². The zero-order valence-corrected chi connectivity index (χ0v) is 20.6. The first-order chi connectivity index (χ1) is 19.2. The van der Waals surface area contributed by atoms with Gasteiger partial charge in [0.15, 0.2) is 17.5 Å². The normalized spacial score (nSPS) is 11.1. The van der Waals surface area contributed by atoms with Gasteiger partial charge in [0.1, 0.15) is 11.2 Å². The van der Waals surface area contributed by atoms with Gasteiger partial charge in [0.2, 0.25) is 0 Å². The molecule has 0 saturated heterocycles. The highest BCUT2D eigenvalue weighted by atomic mass is 16.3. The third-order valence-electron chi connectivity index (χ3n) is 6.62. The van der Waals surface area contributed by atoms with E-state index in [2.05, 4.69) is 6.07 Å². The van der Waals surface area contributed by atoms with Crippen molar-refractivity contribution in [2.75, 3.05) is 0 Å². The maximum absolute atomic E-state index is 9.32. The summed E-state index contributed by atoms with van der Waals surface area (Å²) in [5, 5.41) is 11.2. The Hall–Kier alpha value is -5.67. The van der Waals surface area contributed by atoms with Gasteiger partial charge in [0, 0.05) is 39.2 Å². The number of rotatable bonds is 4. The van der Waals surface area contributed by atoms with Crippen LogP contribution in [-0.2, 0) is 0 Å². The maximum Gasteiger partial charge on any atom is 0.165 e. The van der Waals surface area contributed by atoms with Gasteiger partial charge >= 0.3 is 0 Å². The smallest absolute Gasteiger partial charge is 0.165 e. The Morgan fingerprint density at radius 2 is 1.10 bits per heavy atom. The quantitative estimate of drug-likeness (QED) is 0.245. The molecule has 3 aromatic heterocycles. The average Bonchev–Trinajstić information content (AvgIpc) is 3.39. The average molecular weight is 502 g/mol. The number of pyridine rings is 1. The van der Waals surface area contributed by atoms with Gasteiger partial charge in [0.25, 0.3) is 0 Å². The van der Waals surface area contributed by atoms with Crippen LogP contribution in [0.5, 0.6) is 0 Å². The van der Waals surface area contributed by atoms with Crippen LogP contribution in [0.4, 0.5) is 0 Å². The van der Waals surface area contributed by atoms with Crippen LogP contribution in [0.3, 0.4) is 0 Å².